The molecule has 0 saturated carbocycles. The van der Waals surface area contributed by atoms with Gasteiger partial charge in [-0.25, -0.2) is 9.78 Å². The summed E-state index contributed by atoms with van der Waals surface area (Å²) in [7, 11) is 0. The van der Waals surface area contributed by atoms with Gasteiger partial charge in [0.05, 0.1) is 0 Å². The monoisotopic (exact) mass is 326 g/mol. The molecule has 0 aliphatic carbocycles. The van der Waals surface area contributed by atoms with Gasteiger partial charge in [-0.1, -0.05) is 11.6 Å². The smallest absolute Gasteiger partial charge is 0.408 e. The first-order chi connectivity index (χ1) is 10.2. The van der Waals surface area contributed by atoms with Gasteiger partial charge in [0.2, 0.25) is 0 Å². The van der Waals surface area contributed by atoms with Crippen molar-refractivity contribution in [2.24, 2.45) is 0 Å². The summed E-state index contributed by atoms with van der Waals surface area (Å²) in [6.45, 7) is 5.70. The van der Waals surface area contributed by atoms with Crippen molar-refractivity contribution in [1.82, 2.24) is 10.3 Å². The average molecular weight is 327 g/mol. The van der Waals surface area contributed by atoms with E-state index in [-0.39, 0.29) is 11.7 Å². The van der Waals surface area contributed by atoms with Crippen LogP contribution in [-0.2, 0) is 9.53 Å². The third-order valence-electron chi connectivity index (χ3n) is 2.97. The van der Waals surface area contributed by atoms with E-state index in [1.807, 2.05) is 0 Å². The Kier molecular flexibility index (Phi) is 4.46. The highest BCUT2D eigenvalue weighted by Crippen LogP contribution is 2.24. The van der Waals surface area contributed by atoms with E-state index in [0.717, 1.165) is 0 Å². The summed E-state index contributed by atoms with van der Waals surface area (Å²) >= 11 is 5.92. The van der Waals surface area contributed by atoms with E-state index in [4.69, 9.17) is 22.1 Å². The van der Waals surface area contributed by atoms with Crippen LogP contribution in [0.25, 0.3) is 0 Å². The number of alkyl carbamates (subject to hydrolysis) is 1. The van der Waals surface area contributed by atoms with Gasteiger partial charge < -0.3 is 15.8 Å². The molecule has 1 aliphatic rings. The normalized spacial score (nSPS) is 18.5. The summed E-state index contributed by atoms with van der Waals surface area (Å²) in [5.74, 6) is 0.349. The number of hydrogen-bond donors (Lipinski definition) is 2. The molecule has 1 saturated heterocycles. The molecule has 1 fully saturated rings. The van der Waals surface area contributed by atoms with Crippen LogP contribution < -0.4 is 16.0 Å². The lowest BCUT2D eigenvalue weighted by molar-refractivity contribution is -0.118. The lowest BCUT2D eigenvalue weighted by atomic mass is 10.2. The zero-order valence-corrected chi connectivity index (χ0v) is 13.5. The number of nitrogen functional groups attached to an aromatic ring is 1. The second-order valence-corrected chi connectivity index (χ2v) is 6.48. The summed E-state index contributed by atoms with van der Waals surface area (Å²) in [5, 5.41) is 2.97. The molecule has 0 radical (unpaired) electrons. The zero-order chi connectivity index (χ0) is 16.5. The number of pyridine rings is 1. The molecule has 0 unspecified atom stereocenters. The van der Waals surface area contributed by atoms with Gasteiger partial charge in [-0.2, -0.15) is 0 Å². The number of nitrogens with one attached hydrogen (secondary N) is 1. The largest absolute Gasteiger partial charge is 0.444 e. The number of carbonyl (C=O) groups excluding carboxylic acids is 2. The van der Waals surface area contributed by atoms with Crippen molar-refractivity contribution in [2.75, 3.05) is 17.2 Å². The van der Waals surface area contributed by atoms with E-state index in [1.54, 1.807) is 26.8 Å². The Morgan fingerprint density at radius 3 is 2.77 bits per heavy atom. The molecule has 1 aromatic heterocycles. The van der Waals surface area contributed by atoms with Crippen molar-refractivity contribution >= 4 is 35.2 Å². The van der Waals surface area contributed by atoms with Crippen LogP contribution in [0.1, 0.15) is 27.2 Å². The van der Waals surface area contributed by atoms with E-state index in [2.05, 4.69) is 10.3 Å². The average Bonchev–Trinajstić information content (AvgIpc) is 2.67. The van der Waals surface area contributed by atoms with Gasteiger partial charge >= 0.3 is 6.09 Å². The number of anilines is 2. The molecule has 1 aromatic rings. The molecule has 2 heterocycles. The Labute approximate surface area is 133 Å². The van der Waals surface area contributed by atoms with Crippen molar-refractivity contribution in [3.8, 4) is 0 Å². The van der Waals surface area contributed by atoms with E-state index < -0.39 is 17.7 Å². The van der Waals surface area contributed by atoms with Gasteiger partial charge in [0.1, 0.15) is 23.3 Å². The van der Waals surface area contributed by atoms with Crippen molar-refractivity contribution < 1.29 is 14.3 Å². The second-order valence-electron chi connectivity index (χ2n) is 6.05. The molecular formula is C14H19ClN4O3. The Bertz CT molecular complexity index is 580. The molecule has 0 aromatic carbocycles. The number of ether oxygens (including phenoxy) is 1. The van der Waals surface area contributed by atoms with Crippen LogP contribution in [0.15, 0.2) is 12.1 Å². The van der Waals surface area contributed by atoms with E-state index in [9.17, 15) is 9.59 Å². The number of rotatable bonds is 2. The molecule has 120 valence electrons. The summed E-state index contributed by atoms with van der Waals surface area (Å²) in [6.07, 6.45) is -0.155. The Balaban J connectivity index is 2.05. The van der Waals surface area contributed by atoms with Crippen LogP contribution in [0.4, 0.5) is 16.4 Å². The minimum absolute atomic E-state index is 0.235. The van der Waals surface area contributed by atoms with Crippen LogP contribution in [0.2, 0.25) is 5.02 Å². The Hall–Kier alpha value is -2.02. The number of nitrogens with two attached hydrogens (primary N) is 1. The molecular weight excluding hydrogens is 308 g/mol. The molecule has 0 bridgehead atoms. The van der Waals surface area contributed by atoms with Crippen LogP contribution >= 0.6 is 11.6 Å². The first-order valence-corrected chi connectivity index (χ1v) is 7.27. The third kappa shape index (κ3) is 4.00. The van der Waals surface area contributed by atoms with Gasteiger partial charge in [-0.05, 0) is 39.3 Å². The number of halogens is 1. The van der Waals surface area contributed by atoms with Crippen molar-refractivity contribution in [3.63, 3.8) is 0 Å². The molecule has 22 heavy (non-hydrogen) atoms. The number of amides is 2. The highest BCUT2D eigenvalue weighted by molar-refractivity contribution is 6.31. The summed E-state index contributed by atoms with van der Waals surface area (Å²) < 4.78 is 5.15. The molecule has 0 spiro atoms. The van der Waals surface area contributed by atoms with Gasteiger partial charge in [0, 0.05) is 11.6 Å². The maximum atomic E-state index is 12.4. The van der Waals surface area contributed by atoms with Crippen LogP contribution in [-0.4, -0.2) is 35.2 Å². The van der Waals surface area contributed by atoms with Crippen molar-refractivity contribution in [1.29, 1.82) is 0 Å². The lowest BCUT2D eigenvalue weighted by Crippen LogP contribution is -2.44. The highest BCUT2D eigenvalue weighted by atomic mass is 35.5. The standard InChI is InChI=1S/C14H19ClN4O3/c1-14(2,3)22-13(21)17-9-4-5-19(12(9)20)11-7-8(15)6-10(16)18-11/h6-7,9H,4-5H2,1-3H3,(H2,16,18)(H,17,21)/t9-/m0/s1. The van der Waals surface area contributed by atoms with Gasteiger partial charge in [0.25, 0.3) is 5.91 Å². The predicted molar refractivity (Wildman–Crippen MR) is 83.8 cm³/mol. The van der Waals surface area contributed by atoms with Crippen LogP contribution in [0, 0.1) is 0 Å². The first kappa shape index (κ1) is 16.4. The Morgan fingerprint density at radius 2 is 2.18 bits per heavy atom. The highest BCUT2D eigenvalue weighted by Gasteiger charge is 2.35. The predicted octanol–water partition coefficient (Wildman–Crippen LogP) is 1.95. The van der Waals surface area contributed by atoms with Crippen molar-refractivity contribution in [2.45, 2.75) is 38.8 Å². The number of aromatic nitrogens is 1. The minimum Gasteiger partial charge on any atom is -0.444 e. The summed E-state index contributed by atoms with van der Waals surface area (Å²) in [4.78, 5) is 29.7. The molecule has 7 nitrogen and oxygen atoms in total. The quantitative estimate of drug-likeness (QED) is 0.865. The molecule has 2 rings (SSSR count). The molecule has 1 atom stereocenters. The molecule has 8 heteroatoms. The first-order valence-electron chi connectivity index (χ1n) is 6.90. The second kappa shape index (κ2) is 6.00. The fourth-order valence-corrected chi connectivity index (χ4v) is 2.34. The summed E-state index contributed by atoms with van der Waals surface area (Å²) in [5.41, 5.74) is 5.02. The fourth-order valence-electron chi connectivity index (χ4n) is 2.13. The molecule has 3 N–H and O–H groups in total. The van der Waals surface area contributed by atoms with E-state index in [1.165, 1.54) is 11.0 Å². The molecule has 2 amide bonds. The lowest BCUT2D eigenvalue weighted by Gasteiger charge is -2.21. The topological polar surface area (TPSA) is 97.6 Å². The van der Waals surface area contributed by atoms with Crippen LogP contribution in [0.5, 0.6) is 0 Å². The maximum Gasteiger partial charge on any atom is 0.408 e. The Morgan fingerprint density at radius 1 is 1.50 bits per heavy atom. The van der Waals surface area contributed by atoms with Gasteiger partial charge in [-0.15, -0.1) is 0 Å². The van der Waals surface area contributed by atoms with Crippen LogP contribution in [0.3, 0.4) is 0 Å². The number of nitrogens with zero attached hydrogens (tertiary/aromatic N) is 2. The number of carbonyl (C=O) groups is 2. The SMILES string of the molecule is CC(C)(C)OC(=O)N[C@H]1CCN(c2cc(Cl)cc(N)n2)C1=O. The zero-order valence-electron chi connectivity index (χ0n) is 12.7. The maximum absolute atomic E-state index is 12.4. The molecule has 1 aliphatic heterocycles. The van der Waals surface area contributed by atoms with Gasteiger partial charge in [0.15, 0.2) is 0 Å². The minimum atomic E-state index is -0.642. The summed E-state index contributed by atoms with van der Waals surface area (Å²) in [6, 6.07) is 2.42. The third-order valence-corrected chi connectivity index (χ3v) is 3.19. The van der Waals surface area contributed by atoms with E-state index in [0.29, 0.717) is 23.8 Å². The number of hydrogen-bond acceptors (Lipinski definition) is 5. The van der Waals surface area contributed by atoms with Crippen molar-refractivity contribution in [3.05, 3.63) is 17.2 Å². The fraction of sp³-hybridized carbons (Fsp3) is 0.500. The van der Waals surface area contributed by atoms with Gasteiger partial charge in [-0.3, -0.25) is 9.69 Å². The van der Waals surface area contributed by atoms with E-state index >= 15 is 0 Å².